The molecule has 6 nitrogen and oxygen atoms in total. The summed E-state index contributed by atoms with van der Waals surface area (Å²) in [6.07, 6.45) is 1.17. The van der Waals surface area contributed by atoms with E-state index in [1.54, 1.807) is 6.92 Å². The zero-order valence-corrected chi connectivity index (χ0v) is 17.9. The predicted octanol–water partition coefficient (Wildman–Crippen LogP) is 4.51. The van der Waals surface area contributed by atoms with Crippen LogP contribution in [0.25, 0.3) is 16.1 Å². The van der Waals surface area contributed by atoms with Crippen LogP contribution in [-0.4, -0.2) is 35.6 Å². The Morgan fingerprint density at radius 1 is 1.25 bits per heavy atom. The van der Waals surface area contributed by atoms with Crippen LogP contribution >= 0.6 is 11.3 Å². The van der Waals surface area contributed by atoms with E-state index in [4.69, 9.17) is 9.47 Å². The number of esters is 1. The number of benzene rings is 1. The number of ketones is 1. The third-order valence-corrected chi connectivity index (χ3v) is 7.06. The fourth-order valence-corrected chi connectivity index (χ4v) is 5.84. The molecule has 1 aliphatic carbocycles. The Balaban J connectivity index is 1.56. The van der Waals surface area contributed by atoms with Crippen LogP contribution in [0.2, 0.25) is 0 Å². The number of halogens is 3. The van der Waals surface area contributed by atoms with Crippen LogP contribution in [0.3, 0.4) is 0 Å². The van der Waals surface area contributed by atoms with Gasteiger partial charge < -0.3 is 14.2 Å². The number of aromatic nitrogens is 1. The molecule has 2 bridgehead atoms. The molecule has 2 aromatic rings. The van der Waals surface area contributed by atoms with Crippen LogP contribution in [-0.2, 0) is 19.1 Å². The van der Waals surface area contributed by atoms with Crippen molar-refractivity contribution >= 4 is 28.7 Å². The molecule has 168 valence electrons. The van der Waals surface area contributed by atoms with Crippen molar-refractivity contribution in [3.63, 3.8) is 0 Å². The lowest BCUT2D eigenvalue weighted by atomic mass is 9.80. The number of fused-ring (bicyclic) bond motifs is 5. The molecule has 3 heterocycles. The molecule has 0 radical (unpaired) electrons. The summed E-state index contributed by atoms with van der Waals surface area (Å²) in [5.41, 5.74) is 0.676. The van der Waals surface area contributed by atoms with E-state index in [1.807, 2.05) is 0 Å². The smallest absolute Gasteiger partial charge is 0.387 e. The molecule has 5 rings (SSSR count). The highest BCUT2D eigenvalue weighted by Gasteiger charge is 2.60. The SMILES string of the molecule is CC(=O)OC1=C(c2nc(-c3ccc(OC(F)F)cc3F)sc2C)C(=O)[C@H]2[C@@H]1[C@H]1CC[C@@H]2O1. The van der Waals surface area contributed by atoms with Crippen molar-refractivity contribution in [3.8, 4) is 16.3 Å². The summed E-state index contributed by atoms with van der Waals surface area (Å²) in [5, 5.41) is 0.275. The summed E-state index contributed by atoms with van der Waals surface area (Å²) >= 11 is 1.16. The van der Waals surface area contributed by atoms with Crippen molar-refractivity contribution in [2.24, 2.45) is 11.8 Å². The number of hydrogen-bond acceptors (Lipinski definition) is 7. The lowest BCUT2D eigenvalue weighted by molar-refractivity contribution is -0.138. The van der Waals surface area contributed by atoms with E-state index in [0.29, 0.717) is 10.6 Å². The van der Waals surface area contributed by atoms with E-state index in [0.717, 1.165) is 30.2 Å². The van der Waals surface area contributed by atoms with Gasteiger partial charge in [0.1, 0.15) is 22.3 Å². The average molecular weight is 465 g/mol. The summed E-state index contributed by atoms with van der Waals surface area (Å²) in [6, 6.07) is 3.39. The minimum Gasteiger partial charge on any atom is -0.435 e. The summed E-state index contributed by atoms with van der Waals surface area (Å²) in [4.78, 5) is 30.3. The number of nitrogens with zero attached hydrogens (tertiary/aromatic N) is 1. The fraction of sp³-hybridized carbons (Fsp3) is 0.409. The van der Waals surface area contributed by atoms with Gasteiger partial charge >= 0.3 is 12.6 Å². The van der Waals surface area contributed by atoms with Gasteiger partial charge in [0.05, 0.1) is 35.3 Å². The molecule has 10 heteroatoms. The van der Waals surface area contributed by atoms with Gasteiger partial charge in [-0.3, -0.25) is 9.59 Å². The average Bonchev–Trinajstić information content (AvgIpc) is 3.45. The van der Waals surface area contributed by atoms with Crippen molar-refractivity contribution in [2.75, 3.05) is 0 Å². The van der Waals surface area contributed by atoms with Crippen LogP contribution in [0.5, 0.6) is 5.75 Å². The summed E-state index contributed by atoms with van der Waals surface area (Å²) in [6.45, 7) is -0.0467. The maximum absolute atomic E-state index is 14.6. The molecule has 1 aromatic heterocycles. The van der Waals surface area contributed by atoms with Gasteiger partial charge in [0.2, 0.25) is 0 Å². The van der Waals surface area contributed by atoms with Gasteiger partial charge in [-0.15, -0.1) is 11.3 Å². The van der Waals surface area contributed by atoms with Crippen molar-refractivity contribution < 1.29 is 37.0 Å². The molecule has 2 aliphatic heterocycles. The zero-order valence-electron chi connectivity index (χ0n) is 17.1. The topological polar surface area (TPSA) is 74.7 Å². The highest BCUT2D eigenvalue weighted by molar-refractivity contribution is 7.15. The van der Waals surface area contributed by atoms with E-state index in [1.165, 1.54) is 19.1 Å². The van der Waals surface area contributed by atoms with Gasteiger partial charge in [0.15, 0.2) is 5.78 Å². The number of rotatable bonds is 5. The Bertz CT molecular complexity index is 1160. The Morgan fingerprint density at radius 3 is 2.62 bits per heavy atom. The van der Waals surface area contributed by atoms with Crippen LogP contribution in [0.1, 0.15) is 30.3 Å². The third kappa shape index (κ3) is 3.32. The Labute approximate surface area is 185 Å². The summed E-state index contributed by atoms with van der Waals surface area (Å²) in [7, 11) is 0. The van der Waals surface area contributed by atoms with Crippen LogP contribution < -0.4 is 4.74 Å². The number of thiazole rings is 1. The van der Waals surface area contributed by atoms with E-state index in [9.17, 15) is 22.8 Å². The maximum Gasteiger partial charge on any atom is 0.387 e. The largest absolute Gasteiger partial charge is 0.435 e. The molecular weight excluding hydrogens is 447 g/mol. The summed E-state index contributed by atoms with van der Waals surface area (Å²) < 4.78 is 55.0. The molecule has 0 spiro atoms. The molecule has 0 N–H and O–H groups in total. The van der Waals surface area contributed by atoms with Crippen molar-refractivity contribution in [3.05, 3.63) is 40.3 Å². The number of alkyl halides is 2. The molecule has 0 amide bonds. The van der Waals surface area contributed by atoms with Crippen molar-refractivity contribution in [1.82, 2.24) is 4.98 Å². The van der Waals surface area contributed by atoms with Crippen LogP contribution in [0.4, 0.5) is 13.2 Å². The molecule has 4 atom stereocenters. The molecule has 2 fully saturated rings. The second-order valence-electron chi connectivity index (χ2n) is 7.98. The quantitative estimate of drug-likeness (QED) is 0.605. The highest BCUT2D eigenvalue weighted by atomic mass is 32.1. The van der Waals surface area contributed by atoms with E-state index in [2.05, 4.69) is 9.72 Å². The standard InChI is InChI=1S/C22H18F3NO5S/c1-8-18(26-21(32-8)11-4-3-10(7-12(11)23)30-22(24)25)17-19(28)15-13-5-6-14(31-13)16(15)20(17)29-9(2)27/h3-4,7,13-16,22H,5-6H2,1-2H3/t13-,14+,15+,16-/m0/s1. The first kappa shape index (κ1) is 21.1. The normalized spacial score (nSPS) is 26.2. The number of allylic oxidation sites excluding steroid dienone is 1. The van der Waals surface area contributed by atoms with Gasteiger partial charge in [-0.25, -0.2) is 9.37 Å². The molecule has 2 saturated heterocycles. The highest BCUT2D eigenvalue weighted by Crippen LogP contribution is 2.55. The third-order valence-electron chi connectivity index (χ3n) is 6.05. The lowest BCUT2D eigenvalue weighted by Gasteiger charge is -2.21. The first-order valence-electron chi connectivity index (χ1n) is 10.1. The fourth-order valence-electron chi connectivity index (χ4n) is 4.89. The van der Waals surface area contributed by atoms with Gasteiger partial charge in [-0.05, 0) is 31.9 Å². The monoisotopic (exact) mass is 465 g/mol. The minimum atomic E-state index is -3.06. The predicted molar refractivity (Wildman–Crippen MR) is 107 cm³/mol. The Morgan fingerprint density at radius 2 is 1.97 bits per heavy atom. The van der Waals surface area contributed by atoms with Crippen LogP contribution in [0, 0.1) is 24.6 Å². The van der Waals surface area contributed by atoms with E-state index < -0.39 is 24.3 Å². The van der Waals surface area contributed by atoms with Gasteiger partial charge in [0, 0.05) is 23.4 Å². The molecule has 0 saturated carbocycles. The zero-order chi connectivity index (χ0) is 22.7. The first-order valence-corrected chi connectivity index (χ1v) is 10.9. The van der Waals surface area contributed by atoms with E-state index in [-0.39, 0.29) is 51.6 Å². The Hall–Kier alpha value is -2.72. The first-order chi connectivity index (χ1) is 15.2. The van der Waals surface area contributed by atoms with Gasteiger partial charge in [-0.1, -0.05) is 0 Å². The number of hydrogen-bond donors (Lipinski definition) is 0. The molecule has 32 heavy (non-hydrogen) atoms. The van der Waals surface area contributed by atoms with E-state index >= 15 is 0 Å². The number of Topliss-reactive ketones (excluding diaryl/α,β-unsaturated/α-hetero) is 1. The second kappa shape index (κ2) is 7.70. The van der Waals surface area contributed by atoms with Crippen LogP contribution in [0.15, 0.2) is 24.0 Å². The number of ether oxygens (including phenoxy) is 3. The number of carbonyl (C=O) groups excluding carboxylic acids is 2. The maximum atomic E-state index is 14.6. The van der Waals surface area contributed by atoms with Gasteiger partial charge in [-0.2, -0.15) is 8.78 Å². The lowest BCUT2D eigenvalue weighted by Crippen LogP contribution is -2.29. The van der Waals surface area contributed by atoms with Gasteiger partial charge in [0.25, 0.3) is 0 Å². The van der Waals surface area contributed by atoms with Crippen molar-refractivity contribution in [2.45, 2.75) is 45.5 Å². The Kier molecular flexibility index (Phi) is 5.09. The molecule has 3 aliphatic rings. The summed E-state index contributed by atoms with van der Waals surface area (Å²) in [5.74, 6) is -2.26. The number of aryl methyl sites for hydroxylation is 1. The van der Waals surface area contributed by atoms with Crippen molar-refractivity contribution in [1.29, 1.82) is 0 Å². The molecular formula is C22H18F3NO5S. The molecule has 1 aromatic carbocycles. The molecule has 0 unspecified atom stereocenters. The minimum absolute atomic E-state index is 0.0923. The number of carbonyl (C=O) groups is 2. The second-order valence-corrected chi connectivity index (χ2v) is 9.19.